The molecule has 1 aromatic carbocycles. The van der Waals surface area contributed by atoms with Gasteiger partial charge in [-0.05, 0) is 49.8 Å². The molecule has 1 aliphatic carbocycles. The number of hydrogen-bond donors (Lipinski definition) is 2. The van der Waals surface area contributed by atoms with Crippen LogP contribution < -0.4 is 5.32 Å². The van der Waals surface area contributed by atoms with Crippen molar-refractivity contribution >= 4 is 6.03 Å². The van der Waals surface area contributed by atoms with E-state index in [1.807, 2.05) is 25.4 Å². The zero-order valence-electron chi connectivity index (χ0n) is 20.9. The summed E-state index contributed by atoms with van der Waals surface area (Å²) in [5, 5.41) is 14.1. The fourth-order valence-electron chi connectivity index (χ4n) is 5.10. The second-order valence-electron chi connectivity index (χ2n) is 9.93. The molecule has 1 fully saturated rings. The van der Waals surface area contributed by atoms with E-state index in [1.54, 1.807) is 0 Å². The van der Waals surface area contributed by atoms with Gasteiger partial charge >= 0.3 is 6.03 Å². The van der Waals surface area contributed by atoms with E-state index in [0.717, 1.165) is 43.6 Å². The van der Waals surface area contributed by atoms with Gasteiger partial charge in [0.2, 0.25) is 0 Å². The highest BCUT2D eigenvalue weighted by Gasteiger charge is 2.22. The first-order chi connectivity index (χ1) is 16.6. The molecule has 5 nitrogen and oxygen atoms in total. The highest BCUT2D eigenvalue weighted by atomic mass is 16.5. The number of nitrogens with zero attached hydrogens (tertiary/aromatic N) is 2. The van der Waals surface area contributed by atoms with Crippen molar-refractivity contribution in [1.82, 2.24) is 15.4 Å². The van der Waals surface area contributed by atoms with Crippen LogP contribution in [0.3, 0.4) is 0 Å². The number of urea groups is 1. The number of carbonyl (C=O) groups excluding carboxylic acids is 1. The number of benzene rings is 1. The lowest BCUT2D eigenvalue weighted by Crippen LogP contribution is -2.47. The van der Waals surface area contributed by atoms with E-state index in [4.69, 9.17) is 0 Å². The lowest BCUT2D eigenvalue weighted by molar-refractivity contribution is -0.0765. The summed E-state index contributed by atoms with van der Waals surface area (Å²) in [4.78, 5) is 16.6. The minimum Gasteiger partial charge on any atom is -0.333 e. The largest absolute Gasteiger partial charge is 0.341 e. The van der Waals surface area contributed by atoms with Gasteiger partial charge in [0.1, 0.15) is 0 Å². The summed E-state index contributed by atoms with van der Waals surface area (Å²) >= 11 is 0. The van der Waals surface area contributed by atoms with E-state index in [1.165, 1.54) is 56.1 Å². The summed E-state index contributed by atoms with van der Waals surface area (Å²) in [7, 11) is 0. The van der Waals surface area contributed by atoms with Crippen LogP contribution in [0, 0.1) is 0 Å². The van der Waals surface area contributed by atoms with Crippen molar-refractivity contribution in [3.8, 4) is 0 Å². The predicted octanol–water partition coefficient (Wildman–Crippen LogP) is 7.46. The molecule has 2 unspecified atom stereocenters. The Morgan fingerprint density at radius 2 is 1.59 bits per heavy atom. The maximum atomic E-state index is 12.3. The zero-order chi connectivity index (χ0) is 24.0. The van der Waals surface area contributed by atoms with E-state index in [0.29, 0.717) is 5.92 Å². The average Bonchev–Trinajstić information content (AvgIpc) is 2.88. The smallest absolute Gasteiger partial charge is 0.333 e. The Kier molecular flexibility index (Phi) is 11.4. The van der Waals surface area contributed by atoms with Crippen LogP contribution in [0.4, 0.5) is 4.79 Å². The normalized spacial score (nSPS) is 16.1. The van der Waals surface area contributed by atoms with Crippen LogP contribution in [0.15, 0.2) is 54.9 Å². The van der Waals surface area contributed by atoms with Crippen molar-refractivity contribution in [2.45, 2.75) is 108 Å². The number of nitrogens with one attached hydrogen (secondary N) is 1. The molecule has 1 aliphatic rings. The molecule has 1 aromatic heterocycles. The first kappa shape index (κ1) is 26.2. The van der Waals surface area contributed by atoms with E-state index in [-0.39, 0.29) is 18.1 Å². The molecule has 0 radical (unpaired) electrons. The Morgan fingerprint density at radius 1 is 0.941 bits per heavy atom. The quantitative estimate of drug-likeness (QED) is 0.183. The Labute approximate surface area is 205 Å². The molecule has 34 heavy (non-hydrogen) atoms. The molecule has 1 saturated carbocycles. The maximum Gasteiger partial charge on any atom is 0.341 e. The number of aromatic nitrogens is 1. The summed E-state index contributed by atoms with van der Waals surface area (Å²) in [6, 6.07) is 14.7. The van der Waals surface area contributed by atoms with E-state index < -0.39 is 0 Å². The van der Waals surface area contributed by atoms with E-state index in [9.17, 15) is 10.0 Å². The Balaban J connectivity index is 1.28. The number of unbranched alkanes of at least 4 members (excludes halogenated alkanes) is 5. The van der Waals surface area contributed by atoms with Crippen molar-refractivity contribution in [2.75, 3.05) is 0 Å². The van der Waals surface area contributed by atoms with Gasteiger partial charge in [0.05, 0.1) is 6.04 Å². The fraction of sp³-hybridized carbons (Fsp3) is 0.586. The first-order valence-corrected chi connectivity index (χ1v) is 13.4. The van der Waals surface area contributed by atoms with Crippen LogP contribution in [0.2, 0.25) is 0 Å². The first-order valence-electron chi connectivity index (χ1n) is 13.4. The molecule has 2 amide bonds. The number of rotatable bonds is 13. The van der Waals surface area contributed by atoms with Crippen molar-refractivity contribution in [3.63, 3.8) is 0 Å². The monoisotopic (exact) mass is 465 g/mol. The lowest BCUT2D eigenvalue weighted by atomic mass is 9.87. The van der Waals surface area contributed by atoms with Gasteiger partial charge in [0.25, 0.3) is 0 Å². The van der Waals surface area contributed by atoms with Gasteiger partial charge < -0.3 is 5.32 Å². The zero-order valence-corrected chi connectivity index (χ0v) is 20.9. The molecule has 0 saturated heterocycles. The highest BCUT2D eigenvalue weighted by molar-refractivity contribution is 5.73. The Morgan fingerprint density at radius 3 is 2.26 bits per heavy atom. The van der Waals surface area contributed by atoms with Crippen LogP contribution in [-0.2, 0) is 0 Å². The van der Waals surface area contributed by atoms with Crippen LogP contribution in [0.5, 0.6) is 0 Å². The number of pyridine rings is 1. The van der Waals surface area contributed by atoms with Crippen LogP contribution in [0.25, 0.3) is 0 Å². The third-order valence-corrected chi connectivity index (χ3v) is 7.21. The maximum absolute atomic E-state index is 12.3. The summed E-state index contributed by atoms with van der Waals surface area (Å²) in [5.41, 5.74) is 2.66. The molecule has 186 valence electrons. The van der Waals surface area contributed by atoms with Gasteiger partial charge in [-0.15, -0.1) is 0 Å². The molecule has 0 aliphatic heterocycles. The fourth-order valence-corrected chi connectivity index (χ4v) is 5.10. The minimum atomic E-state index is -0.332. The molecule has 0 spiro atoms. The summed E-state index contributed by atoms with van der Waals surface area (Å²) < 4.78 is 0. The minimum absolute atomic E-state index is 0.144. The van der Waals surface area contributed by atoms with Gasteiger partial charge in [0, 0.05) is 24.4 Å². The topological polar surface area (TPSA) is 65.5 Å². The highest BCUT2D eigenvalue weighted by Crippen LogP contribution is 2.29. The molecular formula is C29H43N3O2. The molecule has 2 atom stereocenters. The van der Waals surface area contributed by atoms with E-state index >= 15 is 0 Å². The number of hydrogen-bond acceptors (Lipinski definition) is 3. The van der Waals surface area contributed by atoms with Gasteiger partial charge in [-0.2, -0.15) is 0 Å². The lowest BCUT2D eigenvalue weighted by Gasteiger charge is -2.28. The third-order valence-electron chi connectivity index (χ3n) is 7.21. The standard InChI is InChI=1S/C29H43N3O2/c1-24(32(34)29(33)31-27-19-11-7-12-20-27)15-8-4-2-3-5-13-21-28(25-16-9-6-10-17-25)26-18-14-22-30-23-26/h6,9-10,14,16-18,22-24,27-28,34H,2-5,7-8,11-13,15,19-21H2,1H3,(H,31,33). The van der Waals surface area contributed by atoms with Crippen molar-refractivity contribution < 1.29 is 10.0 Å². The van der Waals surface area contributed by atoms with Gasteiger partial charge in [-0.1, -0.05) is 94.2 Å². The number of carbonyl (C=O) groups is 1. The Bertz CT molecular complexity index is 769. The molecule has 1 heterocycles. The second-order valence-corrected chi connectivity index (χ2v) is 9.93. The average molecular weight is 466 g/mol. The Hall–Kier alpha value is -2.40. The number of amides is 2. The van der Waals surface area contributed by atoms with Gasteiger partial charge in [0.15, 0.2) is 0 Å². The van der Waals surface area contributed by atoms with E-state index in [2.05, 4.69) is 46.7 Å². The third kappa shape index (κ3) is 8.75. The van der Waals surface area contributed by atoms with Crippen LogP contribution >= 0.6 is 0 Å². The predicted molar refractivity (Wildman–Crippen MR) is 138 cm³/mol. The summed E-state index contributed by atoms with van der Waals surface area (Å²) in [6.45, 7) is 1.93. The molecule has 2 aromatic rings. The molecule has 0 bridgehead atoms. The van der Waals surface area contributed by atoms with Crippen LogP contribution in [-0.4, -0.2) is 33.4 Å². The second kappa shape index (κ2) is 14.8. The van der Waals surface area contributed by atoms with Crippen molar-refractivity contribution in [3.05, 3.63) is 66.0 Å². The molecule has 2 N–H and O–H groups in total. The molecule has 3 rings (SSSR count). The number of hydroxylamine groups is 2. The van der Waals surface area contributed by atoms with Gasteiger partial charge in [-0.3, -0.25) is 10.2 Å². The molecular weight excluding hydrogens is 422 g/mol. The van der Waals surface area contributed by atoms with Crippen LogP contribution in [0.1, 0.15) is 107 Å². The van der Waals surface area contributed by atoms with Crippen molar-refractivity contribution in [1.29, 1.82) is 0 Å². The SMILES string of the molecule is CC(CCCCCCCCC(c1ccccc1)c1cccnc1)N(O)C(=O)NC1CCCCC1. The summed E-state index contributed by atoms with van der Waals surface area (Å²) in [5.74, 6) is 0.408. The summed E-state index contributed by atoms with van der Waals surface area (Å²) in [6.07, 6.45) is 18.5. The van der Waals surface area contributed by atoms with Gasteiger partial charge in [-0.25, -0.2) is 9.86 Å². The van der Waals surface area contributed by atoms with Crippen molar-refractivity contribution in [2.24, 2.45) is 0 Å². The molecule has 5 heteroatoms.